The monoisotopic (exact) mass is 355 g/mol. The van der Waals surface area contributed by atoms with Crippen LogP contribution in [0.2, 0.25) is 0 Å². The van der Waals surface area contributed by atoms with Gasteiger partial charge in [-0.3, -0.25) is 9.59 Å². The number of nitrogens with one attached hydrogen (secondary N) is 2. The second kappa shape index (κ2) is 6.72. The second-order valence-corrected chi connectivity index (χ2v) is 7.16. The van der Waals surface area contributed by atoms with Gasteiger partial charge in [0.1, 0.15) is 10.8 Å². The van der Waals surface area contributed by atoms with Gasteiger partial charge in [0.15, 0.2) is 0 Å². The third kappa shape index (κ3) is 3.74. The lowest BCUT2D eigenvalue weighted by Crippen LogP contribution is -2.14. The van der Waals surface area contributed by atoms with Crippen molar-refractivity contribution < 1.29 is 4.79 Å². The summed E-state index contributed by atoms with van der Waals surface area (Å²) in [5, 5.41) is 13.0. The third-order valence-electron chi connectivity index (χ3n) is 4.09. The predicted octanol–water partition coefficient (Wildman–Crippen LogP) is 2.61. The van der Waals surface area contributed by atoms with Gasteiger partial charge in [0, 0.05) is 18.8 Å². The van der Waals surface area contributed by atoms with Crippen LogP contribution in [0, 0.1) is 0 Å². The lowest BCUT2D eigenvalue weighted by Gasteiger charge is -2.03. The van der Waals surface area contributed by atoms with Crippen molar-refractivity contribution >= 4 is 33.3 Å². The molecule has 3 aromatic rings. The second-order valence-electron chi connectivity index (χ2n) is 6.15. The normalized spacial score (nSPS) is 13.9. The van der Waals surface area contributed by atoms with E-state index in [0.717, 1.165) is 5.01 Å². The molecular weight excluding hydrogens is 338 g/mol. The smallest absolute Gasteiger partial charge is 0.258 e. The predicted molar refractivity (Wildman–Crippen MR) is 95.8 cm³/mol. The number of rotatable bonds is 6. The molecule has 1 saturated carbocycles. The number of para-hydroxylation sites is 1. The third-order valence-corrected chi connectivity index (χ3v) is 5.09. The Hall–Kier alpha value is -2.61. The van der Waals surface area contributed by atoms with E-state index in [0.29, 0.717) is 47.0 Å². The maximum Gasteiger partial charge on any atom is 0.258 e. The van der Waals surface area contributed by atoms with Crippen LogP contribution in [0.25, 0.3) is 10.9 Å². The molecule has 4 rings (SSSR count). The van der Waals surface area contributed by atoms with Crippen LogP contribution in [0.4, 0.5) is 5.13 Å². The first-order valence-electron chi connectivity index (χ1n) is 8.30. The first-order chi connectivity index (χ1) is 12.2. The Labute approximate surface area is 147 Å². The summed E-state index contributed by atoms with van der Waals surface area (Å²) in [6.45, 7) is 0. The molecule has 0 atom stereocenters. The molecule has 2 heterocycles. The summed E-state index contributed by atoms with van der Waals surface area (Å²) in [5.41, 5.74) is 0.527. The van der Waals surface area contributed by atoms with Crippen molar-refractivity contribution in [2.45, 2.75) is 38.0 Å². The summed E-state index contributed by atoms with van der Waals surface area (Å²) >= 11 is 1.45. The van der Waals surface area contributed by atoms with E-state index in [4.69, 9.17) is 0 Å². The Kier molecular flexibility index (Phi) is 4.27. The summed E-state index contributed by atoms with van der Waals surface area (Å²) in [4.78, 5) is 31.2. The van der Waals surface area contributed by atoms with Crippen molar-refractivity contribution in [2.75, 3.05) is 5.32 Å². The summed E-state index contributed by atoms with van der Waals surface area (Å²) < 4.78 is 0. The molecule has 2 aromatic heterocycles. The van der Waals surface area contributed by atoms with Crippen molar-refractivity contribution in [3.05, 3.63) is 45.5 Å². The van der Waals surface area contributed by atoms with Gasteiger partial charge in [0.2, 0.25) is 11.0 Å². The molecule has 1 amide bonds. The minimum Gasteiger partial charge on any atom is -0.310 e. The van der Waals surface area contributed by atoms with E-state index in [1.165, 1.54) is 24.2 Å². The summed E-state index contributed by atoms with van der Waals surface area (Å²) in [6, 6.07) is 7.22. The van der Waals surface area contributed by atoms with Crippen LogP contribution in [0.1, 0.15) is 42.4 Å². The number of aryl methyl sites for hydroxylation is 1. The maximum absolute atomic E-state index is 12.0. The molecule has 2 N–H and O–H groups in total. The topological polar surface area (TPSA) is 101 Å². The van der Waals surface area contributed by atoms with Crippen LogP contribution >= 0.6 is 11.3 Å². The number of benzene rings is 1. The Morgan fingerprint density at radius 2 is 2.12 bits per heavy atom. The van der Waals surface area contributed by atoms with Crippen molar-refractivity contribution in [3.63, 3.8) is 0 Å². The number of anilines is 1. The molecule has 0 saturated heterocycles. The van der Waals surface area contributed by atoms with Gasteiger partial charge in [0.05, 0.1) is 10.9 Å². The standard InChI is InChI=1S/C17H17N5O2S/c23-14(20-17-22-21-16(25-17)10-8-9-10)7-3-6-13-18-12-5-2-1-4-11(12)15(24)19-13/h1-2,4-5,10H,3,6-9H2,(H,18,19,24)(H,20,22,23). The van der Waals surface area contributed by atoms with Gasteiger partial charge in [-0.05, 0) is 31.4 Å². The van der Waals surface area contributed by atoms with Crippen LogP contribution in [-0.2, 0) is 11.2 Å². The number of fused-ring (bicyclic) bond motifs is 1. The highest BCUT2D eigenvalue weighted by molar-refractivity contribution is 7.15. The van der Waals surface area contributed by atoms with Crippen molar-refractivity contribution in [1.82, 2.24) is 20.2 Å². The van der Waals surface area contributed by atoms with Gasteiger partial charge in [0.25, 0.3) is 5.56 Å². The zero-order valence-corrected chi connectivity index (χ0v) is 14.3. The van der Waals surface area contributed by atoms with Gasteiger partial charge < -0.3 is 10.3 Å². The van der Waals surface area contributed by atoms with E-state index in [9.17, 15) is 9.59 Å². The van der Waals surface area contributed by atoms with Gasteiger partial charge in [-0.25, -0.2) is 4.98 Å². The average molecular weight is 355 g/mol. The molecule has 1 fully saturated rings. The average Bonchev–Trinajstić information content (AvgIpc) is 3.35. The van der Waals surface area contributed by atoms with E-state index >= 15 is 0 Å². The summed E-state index contributed by atoms with van der Waals surface area (Å²) in [6.07, 6.45) is 3.81. The van der Waals surface area contributed by atoms with E-state index < -0.39 is 0 Å². The molecule has 128 valence electrons. The maximum atomic E-state index is 12.0. The van der Waals surface area contributed by atoms with E-state index in [-0.39, 0.29) is 11.5 Å². The highest BCUT2D eigenvalue weighted by atomic mass is 32.1. The number of hydrogen-bond donors (Lipinski definition) is 2. The van der Waals surface area contributed by atoms with Crippen LogP contribution in [0.5, 0.6) is 0 Å². The number of hydrogen-bond acceptors (Lipinski definition) is 6. The highest BCUT2D eigenvalue weighted by Gasteiger charge is 2.27. The molecule has 0 unspecified atom stereocenters. The number of nitrogens with zero attached hydrogens (tertiary/aromatic N) is 3. The van der Waals surface area contributed by atoms with Crippen LogP contribution in [0.15, 0.2) is 29.1 Å². The Balaban J connectivity index is 1.32. The molecule has 1 aromatic carbocycles. The van der Waals surface area contributed by atoms with Gasteiger partial charge in [-0.1, -0.05) is 23.5 Å². The van der Waals surface area contributed by atoms with Crippen LogP contribution < -0.4 is 10.9 Å². The zero-order valence-electron chi connectivity index (χ0n) is 13.5. The number of carbonyl (C=O) groups is 1. The molecule has 1 aliphatic carbocycles. The van der Waals surface area contributed by atoms with Gasteiger partial charge in [-0.2, -0.15) is 0 Å². The molecule has 0 radical (unpaired) electrons. The number of amides is 1. The fourth-order valence-electron chi connectivity index (χ4n) is 2.63. The van der Waals surface area contributed by atoms with Crippen LogP contribution in [0.3, 0.4) is 0 Å². The lowest BCUT2D eigenvalue weighted by molar-refractivity contribution is -0.116. The molecule has 1 aliphatic rings. The first kappa shape index (κ1) is 15.9. The Morgan fingerprint density at radius 1 is 1.28 bits per heavy atom. The molecule has 8 heteroatoms. The summed E-state index contributed by atoms with van der Waals surface area (Å²) in [5.74, 6) is 1.05. The Bertz CT molecular complexity index is 976. The minimum atomic E-state index is -0.147. The quantitative estimate of drug-likeness (QED) is 0.708. The van der Waals surface area contributed by atoms with Gasteiger partial charge in [-0.15, -0.1) is 10.2 Å². The van der Waals surface area contributed by atoms with Crippen molar-refractivity contribution in [2.24, 2.45) is 0 Å². The fourth-order valence-corrected chi connectivity index (χ4v) is 3.56. The number of carbonyl (C=O) groups excluding carboxylic acids is 1. The largest absolute Gasteiger partial charge is 0.310 e. The molecular formula is C17H17N5O2S. The zero-order chi connectivity index (χ0) is 17.2. The SMILES string of the molecule is O=C(CCCc1nc2ccccc2c(=O)[nH]1)Nc1nnc(C2CC2)s1. The van der Waals surface area contributed by atoms with Crippen LogP contribution in [-0.4, -0.2) is 26.1 Å². The van der Waals surface area contributed by atoms with Gasteiger partial charge >= 0.3 is 0 Å². The highest BCUT2D eigenvalue weighted by Crippen LogP contribution is 2.42. The molecule has 7 nitrogen and oxygen atoms in total. The Morgan fingerprint density at radius 3 is 2.96 bits per heavy atom. The summed E-state index contributed by atoms with van der Waals surface area (Å²) in [7, 11) is 0. The minimum absolute atomic E-state index is 0.0957. The number of H-pyrrole nitrogens is 1. The van der Waals surface area contributed by atoms with Crippen molar-refractivity contribution in [1.29, 1.82) is 0 Å². The van der Waals surface area contributed by atoms with E-state index in [1.807, 2.05) is 18.2 Å². The van der Waals surface area contributed by atoms with Crippen molar-refractivity contribution in [3.8, 4) is 0 Å². The molecule has 0 aliphatic heterocycles. The number of aromatic amines is 1. The lowest BCUT2D eigenvalue weighted by atomic mass is 10.2. The first-order valence-corrected chi connectivity index (χ1v) is 9.12. The van der Waals surface area contributed by atoms with E-state index in [1.54, 1.807) is 6.07 Å². The number of aromatic nitrogens is 4. The fraction of sp³-hybridized carbons (Fsp3) is 0.353. The molecule has 25 heavy (non-hydrogen) atoms. The van der Waals surface area contributed by atoms with E-state index in [2.05, 4.69) is 25.5 Å². The molecule has 0 spiro atoms. The molecule has 0 bridgehead atoms.